The molecule has 0 spiro atoms. The summed E-state index contributed by atoms with van der Waals surface area (Å²) in [6.07, 6.45) is 32.9. The molecule has 3 heterocycles. The smallest absolute Gasteiger partial charge is 0.547 e. The van der Waals surface area contributed by atoms with Gasteiger partial charge in [0, 0.05) is 18.6 Å². The van der Waals surface area contributed by atoms with Gasteiger partial charge in [-0.1, -0.05) is 136 Å². The van der Waals surface area contributed by atoms with Crippen LogP contribution < -0.4 is 30.6 Å². The Bertz CT molecular complexity index is 1580. The molecule has 0 aliphatic rings. The summed E-state index contributed by atoms with van der Waals surface area (Å²) in [5.74, 6) is -7.72. The van der Waals surface area contributed by atoms with Crippen molar-refractivity contribution in [3.05, 3.63) is 72.9 Å². The number of hydrogen-bond donors (Lipinski definition) is 6. The van der Waals surface area contributed by atoms with Gasteiger partial charge in [-0.2, -0.15) is 0 Å². The number of rotatable bonds is 30. The molecule has 3 aromatic rings. The molecular weight excluding hydrogens is 996 g/mol. The molecule has 0 bridgehead atoms. The molecule has 3 aromatic heterocycles. The summed E-state index contributed by atoms with van der Waals surface area (Å²) in [6.45, 7) is 6.46. The number of nitrogens with zero attached hydrogens (tertiary/aromatic N) is 3. The maximum Gasteiger partial charge on any atom is 6.00 e. The minimum absolute atomic E-state index is 0. The van der Waals surface area contributed by atoms with Gasteiger partial charge in [-0.15, -0.1) is 0 Å². The van der Waals surface area contributed by atoms with Gasteiger partial charge in [0.2, 0.25) is 0 Å². The number of aliphatic carboxylic acids is 6. The van der Waals surface area contributed by atoms with Gasteiger partial charge in [0.1, 0.15) is 0 Å². The summed E-state index contributed by atoms with van der Waals surface area (Å²) < 4.78 is 0. The fourth-order valence-corrected chi connectivity index (χ4v) is 5.26. The second kappa shape index (κ2) is 51.1. The van der Waals surface area contributed by atoms with Crippen LogP contribution in [0.4, 0.5) is 0 Å². The second-order valence-electron chi connectivity index (χ2n) is 15.1. The van der Waals surface area contributed by atoms with Crippen LogP contribution in [0.1, 0.15) is 173 Å². The number of hydrogen-bond acceptors (Lipinski definition) is 18. The zero-order valence-electron chi connectivity index (χ0n) is 40.5. The number of imidazole rings is 3. The number of aliphatic hydroxyl groups is 3. The number of carboxylic acids is 6. The van der Waals surface area contributed by atoms with Gasteiger partial charge < -0.3 is 89.7 Å². The van der Waals surface area contributed by atoms with Crippen LogP contribution in [0.2, 0.25) is 0 Å². The van der Waals surface area contributed by atoms with Crippen molar-refractivity contribution in [1.82, 2.24) is 29.9 Å². The number of carbonyl (C=O) groups excluding carboxylic acids is 6. The number of aromatic nitrogens is 6. The average Bonchev–Trinajstić information content (AvgIpc) is 4.14. The second-order valence-corrected chi connectivity index (χ2v) is 15.1. The van der Waals surface area contributed by atoms with Crippen molar-refractivity contribution in [3.63, 3.8) is 0 Å². The van der Waals surface area contributed by atoms with Crippen molar-refractivity contribution < 1.29 is 95.8 Å². The molecule has 0 saturated heterocycles. The normalized spacial score (nSPS) is 11.6. The maximum atomic E-state index is 10.1. The third-order valence-corrected chi connectivity index (χ3v) is 9.04. The molecule has 0 fully saturated rings. The number of carboxylic acid groups (broad SMARTS) is 6. The fraction of sp³-hybridized carbons (Fsp3) is 0.562. The van der Waals surface area contributed by atoms with E-state index in [1.807, 2.05) is 0 Å². The number of aliphatic hydroxyl groups excluding tert-OH is 3. The van der Waals surface area contributed by atoms with E-state index >= 15 is 0 Å². The molecule has 0 saturated carbocycles. The number of H-pyrrole nitrogens is 3. The van der Waals surface area contributed by atoms with Gasteiger partial charge >= 0.3 is 21.1 Å². The molecule has 0 aromatic carbocycles. The molecule has 22 heteroatoms. The Labute approximate surface area is 425 Å². The Hall–Kier alpha value is -5.76. The minimum Gasteiger partial charge on any atom is -0.547 e. The molecule has 3 atom stereocenters. The van der Waals surface area contributed by atoms with Gasteiger partial charge in [-0.05, 0) is 55.7 Å². The quantitative estimate of drug-likeness (QED) is 0.0292. The monoisotopic (exact) mass is 1070 g/mol. The third-order valence-electron chi connectivity index (χ3n) is 9.04. The van der Waals surface area contributed by atoms with E-state index in [4.69, 9.17) is 15.3 Å². The first-order valence-electron chi connectivity index (χ1n) is 23.2. The summed E-state index contributed by atoms with van der Waals surface area (Å²) in [4.78, 5) is 79.2. The number of carbonyl (C=O) groups is 6. The van der Waals surface area contributed by atoms with Crippen LogP contribution in [0, 0.1) is 0 Å². The van der Waals surface area contributed by atoms with Crippen molar-refractivity contribution in [1.29, 1.82) is 0 Å². The zero-order valence-corrected chi connectivity index (χ0v) is 42.5. The molecule has 6 N–H and O–H groups in total. The molecular formula is C48H72MoN6O15. The molecule has 0 amide bonds. The fourth-order valence-electron chi connectivity index (χ4n) is 5.26. The van der Waals surface area contributed by atoms with Crippen LogP contribution in [-0.4, -0.2) is 99.4 Å². The standard InChI is InChI=1S/3C10H20O3.3C6H6N2O2.Mo/c3*1-2-3-4-5-6-7-8-9(11)10(12)13;3*9-6(10)2-1-5-3-7-4-8-5;/h3*9,11H,2-8H2,1H3,(H,12,13);3*1-4H,(H,7,8)(H,9,10);/q;;;;;;+6/p-6. The van der Waals surface area contributed by atoms with Gasteiger partial charge in [0.15, 0.2) is 0 Å². The van der Waals surface area contributed by atoms with Crippen LogP contribution in [0.5, 0.6) is 0 Å². The summed E-state index contributed by atoms with van der Waals surface area (Å²) in [7, 11) is 0. The Morgan fingerprint density at radius 1 is 0.429 bits per heavy atom. The Kier molecular flexibility index (Phi) is 51.7. The molecule has 3 rings (SSSR count). The van der Waals surface area contributed by atoms with Gasteiger partial charge in [0.25, 0.3) is 0 Å². The Balaban J connectivity index is -0.000000373. The van der Waals surface area contributed by atoms with E-state index < -0.39 is 54.1 Å². The van der Waals surface area contributed by atoms with Crippen LogP contribution in [0.15, 0.2) is 55.8 Å². The van der Waals surface area contributed by atoms with E-state index in [1.54, 1.807) is 18.6 Å². The van der Waals surface area contributed by atoms with Crippen molar-refractivity contribution in [2.24, 2.45) is 0 Å². The molecule has 0 aliphatic heterocycles. The third kappa shape index (κ3) is 53.2. The molecule has 21 nitrogen and oxygen atoms in total. The minimum atomic E-state index is -1.35. The van der Waals surface area contributed by atoms with E-state index in [0.29, 0.717) is 36.3 Å². The number of nitrogens with one attached hydrogen (secondary N) is 3. The summed E-state index contributed by atoms with van der Waals surface area (Å²) in [5, 5.41) is 86.5. The van der Waals surface area contributed by atoms with E-state index in [-0.39, 0.29) is 21.1 Å². The predicted octanol–water partition coefficient (Wildman–Crippen LogP) is 0.0593. The van der Waals surface area contributed by atoms with Crippen LogP contribution in [-0.2, 0) is 49.8 Å². The summed E-state index contributed by atoms with van der Waals surface area (Å²) in [6, 6.07) is 0. The Morgan fingerprint density at radius 3 is 0.814 bits per heavy atom. The van der Waals surface area contributed by atoms with E-state index in [1.165, 1.54) is 95.0 Å². The van der Waals surface area contributed by atoms with E-state index in [9.17, 15) is 59.4 Å². The van der Waals surface area contributed by atoms with Crippen LogP contribution >= 0.6 is 0 Å². The number of unbranched alkanes of at least 4 members (excludes halogenated alkanes) is 15. The van der Waals surface area contributed by atoms with E-state index in [0.717, 1.165) is 76.0 Å². The molecule has 3 unspecified atom stereocenters. The van der Waals surface area contributed by atoms with Crippen molar-refractivity contribution in [2.75, 3.05) is 0 Å². The van der Waals surface area contributed by atoms with Crippen molar-refractivity contribution in [3.8, 4) is 0 Å². The Morgan fingerprint density at radius 2 is 0.643 bits per heavy atom. The first kappa shape index (κ1) is 70.8. The zero-order chi connectivity index (χ0) is 52.5. The summed E-state index contributed by atoms with van der Waals surface area (Å²) in [5.41, 5.74) is 1.72. The van der Waals surface area contributed by atoms with Gasteiger partial charge in [-0.25, -0.2) is 15.0 Å². The summed E-state index contributed by atoms with van der Waals surface area (Å²) >= 11 is 0. The number of aromatic amines is 3. The van der Waals surface area contributed by atoms with E-state index in [2.05, 4.69) is 50.7 Å². The average molecular weight is 1070 g/mol. The van der Waals surface area contributed by atoms with Crippen LogP contribution in [0.25, 0.3) is 18.2 Å². The molecule has 70 heavy (non-hydrogen) atoms. The van der Waals surface area contributed by atoms with Gasteiger partial charge in [0.05, 0.1) is 90.2 Å². The topological polar surface area (TPSA) is 388 Å². The molecule has 0 radical (unpaired) electrons. The molecule has 0 aliphatic carbocycles. The van der Waals surface area contributed by atoms with Gasteiger partial charge in [-0.3, -0.25) is 0 Å². The maximum absolute atomic E-state index is 10.1. The first-order chi connectivity index (χ1) is 32.9. The SMILES string of the molecule is CCCCCCCCC(O)C(=O)[O-].CCCCCCCCC(O)C(=O)[O-].CCCCCCCCC(O)C(=O)[O-].O=C([O-])C=Cc1c[nH]cn1.O=C([O-])C=Cc1c[nH]cn1.O=C([O-])C=Cc1c[nH]cn1.[Mo+6]. The van der Waals surface area contributed by atoms with Crippen molar-refractivity contribution >= 4 is 54.0 Å². The largest absolute Gasteiger partial charge is 6.00 e. The van der Waals surface area contributed by atoms with Crippen LogP contribution in [0.3, 0.4) is 0 Å². The first-order valence-corrected chi connectivity index (χ1v) is 23.2. The molecule has 390 valence electrons. The van der Waals surface area contributed by atoms with Crippen molar-refractivity contribution in [2.45, 2.75) is 174 Å². The predicted molar refractivity (Wildman–Crippen MR) is 245 cm³/mol.